The first-order chi connectivity index (χ1) is 6.36. The van der Waals surface area contributed by atoms with Crippen LogP contribution in [-0.4, -0.2) is 24.8 Å². The molecule has 0 aromatic heterocycles. The van der Waals surface area contributed by atoms with Crippen LogP contribution in [0, 0.1) is 0 Å². The summed E-state index contributed by atoms with van der Waals surface area (Å²) in [5, 5.41) is 19.4. The van der Waals surface area contributed by atoms with Gasteiger partial charge in [-0.3, -0.25) is 0 Å². The first-order valence-corrected chi connectivity index (χ1v) is 5.86. The van der Waals surface area contributed by atoms with E-state index in [0.717, 1.165) is 5.56 Å². The molecule has 78 valence electrons. The molecule has 0 amide bonds. The lowest BCUT2D eigenvalue weighted by Crippen LogP contribution is -2.18. The van der Waals surface area contributed by atoms with Crippen molar-refractivity contribution in [1.82, 2.24) is 0 Å². The van der Waals surface area contributed by atoms with Crippen molar-refractivity contribution in [2.45, 2.75) is 26.2 Å². The minimum Gasteiger partial charge on any atom is -0.508 e. The molecule has 0 heterocycles. The van der Waals surface area contributed by atoms with Crippen LogP contribution in [0.1, 0.15) is 26.3 Å². The van der Waals surface area contributed by atoms with Gasteiger partial charge in [-0.05, 0) is 23.1 Å². The van der Waals surface area contributed by atoms with Crippen LogP contribution in [0.15, 0.2) is 12.1 Å². The lowest BCUT2D eigenvalue weighted by atomic mass is 9.87. The zero-order valence-electron chi connectivity index (χ0n) is 8.70. The number of hydrogen-bond acceptors (Lipinski definition) is 3. The highest BCUT2D eigenvalue weighted by molar-refractivity contribution is 6.48. The molecule has 0 radical (unpaired) electrons. The third-order valence-corrected chi connectivity index (χ3v) is 3.27. The summed E-state index contributed by atoms with van der Waals surface area (Å²) in [5.41, 5.74) is 0.739. The molecule has 14 heavy (non-hydrogen) atoms. The molecule has 0 saturated heterocycles. The Hall–Kier alpha value is -1.00. The van der Waals surface area contributed by atoms with Gasteiger partial charge in [0.1, 0.15) is 11.5 Å². The van der Waals surface area contributed by atoms with Crippen molar-refractivity contribution in [1.29, 1.82) is 0 Å². The Bertz CT molecular complexity index is 319. The lowest BCUT2D eigenvalue weighted by molar-refractivity contribution is 0.449. The van der Waals surface area contributed by atoms with Crippen molar-refractivity contribution in [3.8, 4) is 11.5 Å². The normalized spacial score (nSPS) is 12.6. The highest BCUT2D eigenvalue weighted by Crippen LogP contribution is 2.27. The van der Waals surface area contributed by atoms with Gasteiger partial charge in [0.05, 0.1) is 0 Å². The van der Waals surface area contributed by atoms with E-state index in [9.17, 15) is 10.2 Å². The zero-order chi connectivity index (χ0) is 10.9. The first kappa shape index (κ1) is 11.1. The molecule has 0 unspecified atom stereocenters. The Balaban J connectivity index is 3.28. The van der Waals surface area contributed by atoms with E-state index in [0.29, 0.717) is 5.19 Å². The molecule has 1 aromatic rings. The van der Waals surface area contributed by atoms with Gasteiger partial charge in [-0.2, -0.15) is 0 Å². The monoisotopic (exact) mass is 212 g/mol. The summed E-state index contributed by atoms with van der Waals surface area (Å²) in [6, 6.07) is 3.22. The summed E-state index contributed by atoms with van der Waals surface area (Å²) in [7, 11) is -1.53. The molecule has 0 spiro atoms. The lowest BCUT2D eigenvalue weighted by Gasteiger charge is -2.20. The standard InChI is InChI=1S/C10H16O3Si/c1-10(2,3)6-4-7(11)9(14-13)8(12)5-6/h4-5,11-13H,14H2,1-3H3. The predicted molar refractivity (Wildman–Crippen MR) is 58.9 cm³/mol. The number of phenolic OH excluding ortho intramolecular Hbond substituents is 2. The van der Waals surface area contributed by atoms with Crippen molar-refractivity contribution in [3.05, 3.63) is 17.7 Å². The van der Waals surface area contributed by atoms with E-state index in [2.05, 4.69) is 0 Å². The van der Waals surface area contributed by atoms with Gasteiger partial charge >= 0.3 is 0 Å². The van der Waals surface area contributed by atoms with Gasteiger partial charge in [0.2, 0.25) is 0 Å². The maximum Gasteiger partial charge on any atom is 0.196 e. The average Bonchev–Trinajstić information content (AvgIpc) is 2.01. The smallest absolute Gasteiger partial charge is 0.196 e. The van der Waals surface area contributed by atoms with Gasteiger partial charge in [-0.25, -0.2) is 0 Å². The highest BCUT2D eigenvalue weighted by atomic mass is 28.2. The summed E-state index contributed by atoms with van der Waals surface area (Å²) in [6.07, 6.45) is 0. The molecular formula is C10H16O3Si. The van der Waals surface area contributed by atoms with E-state index in [4.69, 9.17) is 4.80 Å². The second kappa shape index (κ2) is 3.63. The van der Waals surface area contributed by atoms with Crippen LogP contribution >= 0.6 is 0 Å². The molecule has 1 aromatic carbocycles. The molecular weight excluding hydrogens is 196 g/mol. The van der Waals surface area contributed by atoms with Crippen molar-refractivity contribution in [3.63, 3.8) is 0 Å². The largest absolute Gasteiger partial charge is 0.508 e. The third kappa shape index (κ3) is 2.08. The van der Waals surface area contributed by atoms with Gasteiger partial charge in [-0.1, -0.05) is 20.8 Å². The third-order valence-electron chi connectivity index (χ3n) is 2.23. The van der Waals surface area contributed by atoms with Crippen LogP contribution in [0.3, 0.4) is 0 Å². The van der Waals surface area contributed by atoms with Crippen LogP contribution in [0.25, 0.3) is 0 Å². The van der Waals surface area contributed by atoms with E-state index in [-0.39, 0.29) is 16.9 Å². The van der Waals surface area contributed by atoms with E-state index < -0.39 is 9.76 Å². The molecule has 0 fully saturated rings. The van der Waals surface area contributed by atoms with Gasteiger partial charge in [0, 0.05) is 5.19 Å². The van der Waals surface area contributed by atoms with Crippen LogP contribution in [-0.2, 0) is 5.41 Å². The molecule has 4 heteroatoms. The molecule has 3 N–H and O–H groups in total. The van der Waals surface area contributed by atoms with Crippen molar-refractivity contribution in [2.24, 2.45) is 0 Å². The van der Waals surface area contributed by atoms with Gasteiger partial charge in [0.25, 0.3) is 0 Å². The topological polar surface area (TPSA) is 60.7 Å². The average molecular weight is 212 g/mol. The highest BCUT2D eigenvalue weighted by Gasteiger charge is 2.18. The van der Waals surface area contributed by atoms with E-state index in [1.807, 2.05) is 20.8 Å². The van der Waals surface area contributed by atoms with Crippen molar-refractivity contribution >= 4 is 14.9 Å². The molecule has 0 atom stereocenters. The number of aromatic hydroxyl groups is 2. The van der Waals surface area contributed by atoms with Crippen LogP contribution in [0.4, 0.5) is 0 Å². The van der Waals surface area contributed by atoms with Crippen LogP contribution in [0.5, 0.6) is 11.5 Å². The Morgan fingerprint density at radius 2 is 1.50 bits per heavy atom. The molecule has 1 rings (SSSR count). The number of hydrogen-bond donors (Lipinski definition) is 3. The van der Waals surface area contributed by atoms with Crippen molar-refractivity contribution in [2.75, 3.05) is 0 Å². The number of rotatable bonds is 1. The van der Waals surface area contributed by atoms with Gasteiger partial charge in [0.15, 0.2) is 9.76 Å². The fraction of sp³-hybridized carbons (Fsp3) is 0.400. The minimum atomic E-state index is -1.53. The second-order valence-electron chi connectivity index (χ2n) is 4.40. The first-order valence-electron chi connectivity index (χ1n) is 4.52. The molecule has 0 saturated carbocycles. The molecule has 0 aliphatic carbocycles. The van der Waals surface area contributed by atoms with Gasteiger partial charge < -0.3 is 15.0 Å². The zero-order valence-corrected chi connectivity index (χ0v) is 10.1. The Kier molecular flexibility index (Phi) is 2.87. The SMILES string of the molecule is CC(C)(C)c1cc(O)c([SiH2]O)c(O)c1. The number of benzene rings is 1. The summed E-state index contributed by atoms with van der Waals surface area (Å²) < 4.78 is 0. The molecule has 3 nitrogen and oxygen atoms in total. The predicted octanol–water partition coefficient (Wildman–Crippen LogP) is 0.0967. The maximum absolute atomic E-state index is 9.55. The van der Waals surface area contributed by atoms with E-state index in [1.165, 1.54) is 0 Å². The second-order valence-corrected chi connectivity index (χ2v) is 5.42. The summed E-state index contributed by atoms with van der Waals surface area (Å²) in [6.45, 7) is 5.99. The summed E-state index contributed by atoms with van der Waals surface area (Å²) in [4.78, 5) is 9.01. The minimum absolute atomic E-state index is 0.00379. The van der Waals surface area contributed by atoms with Gasteiger partial charge in [-0.15, -0.1) is 0 Å². The quantitative estimate of drug-likeness (QED) is 0.579. The van der Waals surface area contributed by atoms with E-state index >= 15 is 0 Å². The van der Waals surface area contributed by atoms with Crippen molar-refractivity contribution < 1.29 is 15.0 Å². The fourth-order valence-electron chi connectivity index (χ4n) is 1.24. The Labute approximate surface area is 86.0 Å². The van der Waals surface area contributed by atoms with Crippen LogP contribution < -0.4 is 5.19 Å². The summed E-state index contributed by atoms with van der Waals surface area (Å²) >= 11 is 0. The Morgan fingerprint density at radius 3 is 1.79 bits per heavy atom. The number of phenols is 2. The van der Waals surface area contributed by atoms with E-state index in [1.54, 1.807) is 12.1 Å². The molecule has 0 bridgehead atoms. The maximum atomic E-state index is 9.55. The Morgan fingerprint density at radius 1 is 1.07 bits per heavy atom. The molecule has 0 aliphatic rings. The fourth-order valence-corrected chi connectivity index (χ4v) is 1.76. The summed E-state index contributed by atoms with van der Waals surface area (Å²) in [5.74, 6) is 0.00758. The molecule has 0 aliphatic heterocycles. The van der Waals surface area contributed by atoms with Crippen LogP contribution in [0.2, 0.25) is 0 Å².